The summed E-state index contributed by atoms with van der Waals surface area (Å²) in [5.74, 6) is 0.942. The Balaban J connectivity index is 0.00000392. The van der Waals surface area contributed by atoms with Gasteiger partial charge in [0.2, 0.25) is 5.91 Å². The van der Waals surface area contributed by atoms with E-state index in [1.807, 2.05) is 11.3 Å². The van der Waals surface area contributed by atoms with Crippen LogP contribution in [-0.4, -0.2) is 68.0 Å². The van der Waals surface area contributed by atoms with Gasteiger partial charge < -0.3 is 20.9 Å². The number of guanidine groups is 1. The predicted octanol–water partition coefficient (Wildman–Crippen LogP) is 2.78. The molecule has 1 aliphatic rings. The Kier molecular flexibility index (Phi) is 12.7. The van der Waals surface area contributed by atoms with E-state index in [1.54, 1.807) is 0 Å². The molecule has 1 amide bonds. The number of primary amides is 1. The number of rotatable bonds is 10. The van der Waals surface area contributed by atoms with Gasteiger partial charge in [0.15, 0.2) is 5.96 Å². The molecule has 6 nitrogen and oxygen atoms in total. The number of carbonyl (C=O) groups excluding carboxylic acids is 1. The molecule has 1 saturated heterocycles. The maximum atomic E-state index is 11.2. The van der Waals surface area contributed by atoms with Crippen LogP contribution in [0.3, 0.4) is 0 Å². The normalized spacial score (nSPS) is 15.9. The van der Waals surface area contributed by atoms with Crippen molar-refractivity contribution in [3.8, 4) is 0 Å². The van der Waals surface area contributed by atoms with Crippen LogP contribution in [0.4, 0.5) is 0 Å². The first-order chi connectivity index (χ1) is 13.1. The third-order valence-corrected chi connectivity index (χ3v) is 6.04. The Morgan fingerprint density at radius 1 is 1.39 bits per heavy atom. The number of nitrogens with two attached hydrogens (primary N) is 1. The molecular formula is C20H36IN5OS. The fourth-order valence-corrected chi connectivity index (χ4v) is 4.08. The summed E-state index contributed by atoms with van der Waals surface area (Å²) in [4.78, 5) is 22.1. The summed E-state index contributed by atoms with van der Waals surface area (Å²) in [6.45, 7) is 7.89. The molecule has 8 heteroatoms. The molecule has 1 aromatic rings. The molecule has 0 spiro atoms. The Morgan fingerprint density at radius 2 is 2.14 bits per heavy atom. The molecule has 1 aliphatic heterocycles. The monoisotopic (exact) mass is 521 g/mol. The minimum absolute atomic E-state index is 0. The summed E-state index contributed by atoms with van der Waals surface area (Å²) in [5.41, 5.74) is 5.40. The molecule has 0 atom stereocenters. The highest BCUT2D eigenvalue weighted by Gasteiger charge is 2.22. The van der Waals surface area contributed by atoms with E-state index >= 15 is 0 Å². The molecule has 2 heterocycles. The lowest BCUT2D eigenvalue weighted by atomic mass is 9.96. The van der Waals surface area contributed by atoms with Crippen molar-refractivity contribution in [3.63, 3.8) is 0 Å². The number of nitrogens with one attached hydrogen (secondary N) is 1. The third kappa shape index (κ3) is 9.09. The SMILES string of the molecule is CCNC(=NCCCCN1CCC(C(N)=O)CC1)N(C)CCc1cccs1.I. The number of aliphatic imine (C=N–C) groups is 1. The fraction of sp³-hybridized carbons (Fsp3) is 0.700. The molecule has 160 valence electrons. The van der Waals surface area contributed by atoms with Gasteiger partial charge in [-0.05, 0) is 70.1 Å². The summed E-state index contributed by atoms with van der Waals surface area (Å²) in [7, 11) is 2.11. The van der Waals surface area contributed by atoms with Crippen LogP contribution in [-0.2, 0) is 11.2 Å². The van der Waals surface area contributed by atoms with Crippen LogP contribution < -0.4 is 11.1 Å². The number of hydrogen-bond acceptors (Lipinski definition) is 4. The number of piperidine rings is 1. The second kappa shape index (κ2) is 14.2. The lowest BCUT2D eigenvalue weighted by molar-refractivity contribution is -0.123. The number of likely N-dealkylation sites (tertiary alicyclic amines) is 1. The summed E-state index contributed by atoms with van der Waals surface area (Å²) >= 11 is 1.81. The average Bonchev–Trinajstić information content (AvgIpc) is 3.19. The van der Waals surface area contributed by atoms with Gasteiger partial charge in [-0.15, -0.1) is 35.3 Å². The van der Waals surface area contributed by atoms with Gasteiger partial charge in [0.05, 0.1) is 0 Å². The highest BCUT2D eigenvalue weighted by molar-refractivity contribution is 14.0. The molecule has 1 aromatic heterocycles. The lowest BCUT2D eigenvalue weighted by Gasteiger charge is -2.30. The van der Waals surface area contributed by atoms with E-state index in [-0.39, 0.29) is 35.8 Å². The average molecular weight is 522 g/mol. The van der Waals surface area contributed by atoms with Crippen molar-refractivity contribution in [1.29, 1.82) is 0 Å². The Hall–Kier alpha value is -0.870. The molecule has 2 rings (SSSR count). The number of likely N-dealkylation sites (N-methyl/N-ethyl adjacent to an activating group) is 1. The number of halogens is 1. The Morgan fingerprint density at radius 3 is 2.75 bits per heavy atom. The zero-order chi connectivity index (χ0) is 19.5. The van der Waals surface area contributed by atoms with Crippen molar-refractivity contribution in [1.82, 2.24) is 15.1 Å². The summed E-state index contributed by atoms with van der Waals surface area (Å²) < 4.78 is 0. The number of unbranched alkanes of at least 4 members (excludes halogenated alkanes) is 1. The van der Waals surface area contributed by atoms with Crippen LogP contribution in [0.5, 0.6) is 0 Å². The van der Waals surface area contributed by atoms with Crippen molar-refractivity contribution in [2.24, 2.45) is 16.6 Å². The highest BCUT2D eigenvalue weighted by atomic mass is 127. The van der Waals surface area contributed by atoms with Gasteiger partial charge >= 0.3 is 0 Å². The van der Waals surface area contributed by atoms with Gasteiger partial charge in [0.1, 0.15) is 0 Å². The molecule has 0 bridgehead atoms. The number of thiophene rings is 1. The maximum absolute atomic E-state index is 11.2. The van der Waals surface area contributed by atoms with E-state index in [9.17, 15) is 4.79 Å². The van der Waals surface area contributed by atoms with Crippen LogP contribution in [0.25, 0.3) is 0 Å². The smallest absolute Gasteiger partial charge is 0.220 e. The highest BCUT2D eigenvalue weighted by Crippen LogP contribution is 2.16. The van der Waals surface area contributed by atoms with Crippen LogP contribution in [0.15, 0.2) is 22.5 Å². The summed E-state index contributed by atoms with van der Waals surface area (Å²) in [6.07, 6.45) is 5.10. The van der Waals surface area contributed by atoms with Crippen molar-refractivity contribution < 1.29 is 4.79 Å². The third-order valence-electron chi connectivity index (χ3n) is 5.10. The van der Waals surface area contributed by atoms with Gasteiger partial charge in [-0.25, -0.2) is 0 Å². The van der Waals surface area contributed by atoms with Gasteiger partial charge in [0.25, 0.3) is 0 Å². The maximum Gasteiger partial charge on any atom is 0.220 e. The lowest BCUT2D eigenvalue weighted by Crippen LogP contribution is -2.40. The molecule has 0 unspecified atom stereocenters. The van der Waals surface area contributed by atoms with E-state index in [1.165, 1.54) is 4.88 Å². The molecule has 0 radical (unpaired) electrons. The molecule has 3 N–H and O–H groups in total. The quantitative estimate of drug-likeness (QED) is 0.215. The first kappa shape index (κ1) is 25.2. The van der Waals surface area contributed by atoms with Crippen molar-refractivity contribution in [3.05, 3.63) is 22.4 Å². The fourth-order valence-electron chi connectivity index (χ4n) is 3.38. The van der Waals surface area contributed by atoms with Gasteiger partial charge in [0, 0.05) is 37.5 Å². The van der Waals surface area contributed by atoms with Crippen molar-refractivity contribution in [2.45, 2.75) is 39.0 Å². The topological polar surface area (TPSA) is 74.0 Å². The number of amides is 1. The largest absolute Gasteiger partial charge is 0.369 e. The van der Waals surface area contributed by atoms with Gasteiger partial charge in [-0.2, -0.15) is 0 Å². The number of carbonyl (C=O) groups is 1. The molecule has 1 fully saturated rings. The molecule has 0 aromatic carbocycles. The first-order valence-corrected chi connectivity index (χ1v) is 11.0. The van der Waals surface area contributed by atoms with E-state index in [0.717, 1.165) is 77.3 Å². The molecule has 0 saturated carbocycles. The standard InChI is InChI=1S/C20H35N5OS.HI/c1-3-22-20(24(2)13-10-18-7-6-16-27-18)23-11-4-5-12-25-14-8-17(9-15-25)19(21)26;/h6-7,16-17H,3-5,8-15H2,1-2H3,(H2,21,26)(H,22,23);1H. The Labute approximate surface area is 191 Å². The van der Waals surface area contributed by atoms with Crippen LogP contribution >= 0.6 is 35.3 Å². The molecule has 28 heavy (non-hydrogen) atoms. The number of nitrogens with zero attached hydrogens (tertiary/aromatic N) is 3. The minimum Gasteiger partial charge on any atom is -0.369 e. The molecule has 0 aliphatic carbocycles. The van der Waals surface area contributed by atoms with Crippen molar-refractivity contribution >= 4 is 47.2 Å². The van der Waals surface area contributed by atoms with Crippen LogP contribution in [0.2, 0.25) is 0 Å². The minimum atomic E-state index is -0.136. The molecular weight excluding hydrogens is 485 g/mol. The van der Waals surface area contributed by atoms with E-state index in [0.29, 0.717) is 0 Å². The summed E-state index contributed by atoms with van der Waals surface area (Å²) in [6, 6.07) is 4.30. The second-order valence-electron chi connectivity index (χ2n) is 7.21. The van der Waals surface area contributed by atoms with Crippen LogP contribution in [0, 0.1) is 5.92 Å². The number of hydrogen-bond donors (Lipinski definition) is 2. The van der Waals surface area contributed by atoms with E-state index < -0.39 is 0 Å². The first-order valence-electron chi connectivity index (χ1n) is 10.1. The van der Waals surface area contributed by atoms with E-state index in [4.69, 9.17) is 10.7 Å². The van der Waals surface area contributed by atoms with Crippen molar-refractivity contribution in [2.75, 3.05) is 46.3 Å². The predicted molar refractivity (Wildman–Crippen MR) is 130 cm³/mol. The van der Waals surface area contributed by atoms with E-state index in [2.05, 4.69) is 46.6 Å². The van der Waals surface area contributed by atoms with Gasteiger partial charge in [-0.1, -0.05) is 6.07 Å². The van der Waals surface area contributed by atoms with Crippen LogP contribution in [0.1, 0.15) is 37.5 Å². The zero-order valence-corrected chi connectivity index (χ0v) is 20.4. The zero-order valence-electron chi connectivity index (χ0n) is 17.2. The second-order valence-corrected chi connectivity index (χ2v) is 8.24. The summed E-state index contributed by atoms with van der Waals surface area (Å²) in [5, 5.41) is 5.52. The Bertz CT molecular complexity index is 573. The van der Waals surface area contributed by atoms with Gasteiger partial charge in [-0.3, -0.25) is 9.79 Å².